The summed E-state index contributed by atoms with van der Waals surface area (Å²) in [6.45, 7) is 0.160. The summed E-state index contributed by atoms with van der Waals surface area (Å²) in [5.41, 5.74) is 12.3. The number of benzene rings is 3. The number of methoxy groups -OCH3 is 2. The summed E-state index contributed by atoms with van der Waals surface area (Å²) in [5.74, 6) is 1.26. The number of rotatable bonds is 9. The quantitative estimate of drug-likeness (QED) is 0.225. The van der Waals surface area contributed by atoms with Crippen molar-refractivity contribution in [3.05, 3.63) is 71.8 Å². The fraction of sp³-hybridized carbons (Fsp3) is 0.154. The molecule has 0 radical (unpaired) electrons. The zero-order valence-corrected chi connectivity index (χ0v) is 19.8. The number of anilines is 2. The second-order valence-corrected chi connectivity index (χ2v) is 7.61. The van der Waals surface area contributed by atoms with Gasteiger partial charge >= 0.3 is 0 Å². The van der Waals surface area contributed by atoms with Gasteiger partial charge in [0.05, 0.1) is 26.5 Å². The van der Waals surface area contributed by atoms with Crippen LogP contribution >= 0.6 is 0 Å². The van der Waals surface area contributed by atoms with Crippen LogP contribution in [0.15, 0.2) is 76.0 Å². The van der Waals surface area contributed by atoms with Crippen LogP contribution in [0.25, 0.3) is 6.08 Å². The van der Waals surface area contributed by atoms with Crippen LogP contribution in [-0.2, 0) is 0 Å². The van der Waals surface area contributed by atoms with Crippen LogP contribution in [0.2, 0.25) is 0 Å². The molecule has 3 aromatic carbocycles. The number of fused-ring (bicyclic) bond motifs is 1. The standard InChI is InChI=1S/C26H25N5O5/c1-34-24-15-23(31-29-21-10-3-16-13-17(27)4-9-20(16)26(21)33)25(35-2)14-22(24)30-28-18-5-7-19(8-6-18)36-12-11-32/h3-10,13-15,31-32H,11-12,27H2,1-2H3/b29-21-,30-28+. The Balaban J connectivity index is 1.54. The van der Waals surface area contributed by atoms with Gasteiger partial charge in [-0.15, -0.1) is 5.11 Å². The Kier molecular flexibility index (Phi) is 7.57. The first kappa shape index (κ1) is 24.4. The Morgan fingerprint density at radius 2 is 1.72 bits per heavy atom. The smallest absolute Gasteiger partial charge is 0.213 e. The predicted octanol–water partition coefficient (Wildman–Crippen LogP) is 4.75. The first-order valence-corrected chi connectivity index (χ1v) is 11.0. The maximum Gasteiger partial charge on any atom is 0.213 e. The van der Waals surface area contributed by atoms with E-state index in [-0.39, 0.29) is 24.7 Å². The van der Waals surface area contributed by atoms with Gasteiger partial charge in [0.25, 0.3) is 0 Å². The first-order valence-electron chi connectivity index (χ1n) is 11.0. The third-order valence-electron chi connectivity index (χ3n) is 5.24. The van der Waals surface area contributed by atoms with E-state index in [0.29, 0.717) is 45.6 Å². The molecule has 184 valence electrons. The van der Waals surface area contributed by atoms with E-state index >= 15 is 0 Å². The van der Waals surface area contributed by atoms with Crippen molar-refractivity contribution in [2.45, 2.75) is 0 Å². The van der Waals surface area contributed by atoms with Crippen molar-refractivity contribution in [3.63, 3.8) is 0 Å². The molecule has 0 unspecified atom stereocenters. The van der Waals surface area contributed by atoms with E-state index in [1.165, 1.54) is 14.2 Å². The summed E-state index contributed by atoms with van der Waals surface area (Å²) in [6, 6.07) is 15.4. The Morgan fingerprint density at radius 3 is 2.44 bits per heavy atom. The molecule has 0 saturated heterocycles. The number of nitrogens with one attached hydrogen (secondary N) is 1. The lowest BCUT2D eigenvalue weighted by Crippen LogP contribution is -2.18. The van der Waals surface area contributed by atoms with Crippen molar-refractivity contribution in [1.82, 2.24) is 0 Å². The maximum atomic E-state index is 12.8. The number of allylic oxidation sites excluding steroid dienone is 1. The van der Waals surface area contributed by atoms with Crippen LogP contribution < -0.4 is 25.4 Å². The minimum absolute atomic E-state index is 0.0584. The highest BCUT2D eigenvalue weighted by atomic mass is 16.5. The number of Topliss-reactive ketones (excluding diaryl/α,β-unsaturated/α-hetero) is 1. The molecular formula is C26H25N5O5. The van der Waals surface area contributed by atoms with Gasteiger partial charge in [0.1, 0.15) is 40.9 Å². The summed E-state index contributed by atoms with van der Waals surface area (Å²) < 4.78 is 16.3. The zero-order chi connectivity index (χ0) is 25.5. The Hall–Kier alpha value is -4.70. The van der Waals surface area contributed by atoms with Crippen LogP contribution in [0.3, 0.4) is 0 Å². The Labute approximate surface area is 207 Å². The van der Waals surface area contributed by atoms with Crippen LogP contribution in [-0.4, -0.2) is 44.0 Å². The van der Waals surface area contributed by atoms with Crippen molar-refractivity contribution in [2.24, 2.45) is 15.3 Å². The van der Waals surface area contributed by atoms with E-state index in [2.05, 4.69) is 20.8 Å². The van der Waals surface area contributed by atoms with E-state index in [1.807, 2.05) is 0 Å². The molecule has 0 amide bonds. The number of hydrazone groups is 1. The highest BCUT2D eigenvalue weighted by Crippen LogP contribution is 2.39. The normalized spacial score (nSPS) is 13.6. The molecule has 4 rings (SSSR count). The van der Waals surface area contributed by atoms with Crippen molar-refractivity contribution in [1.29, 1.82) is 0 Å². The zero-order valence-electron chi connectivity index (χ0n) is 19.8. The fourth-order valence-electron chi connectivity index (χ4n) is 3.45. The molecule has 0 spiro atoms. The molecule has 10 nitrogen and oxygen atoms in total. The van der Waals surface area contributed by atoms with Gasteiger partial charge in [-0.2, -0.15) is 10.2 Å². The summed E-state index contributed by atoms with van der Waals surface area (Å²) in [5, 5.41) is 21.6. The highest BCUT2D eigenvalue weighted by Gasteiger charge is 2.20. The monoisotopic (exact) mass is 487 g/mol. The summed E-state index contributed by atoms with van der Waals surface area (Å²) >= 11 is 0. The van der Waals surface area contributed by atoms with Crippen LogP contribution in [0.4, 0.5) is 22.7 Å². The molecule has 10 heteroatoms. The van der Waals surface area contributed by atoms with E-state index < -0.39 is 0 Å². The third kappa shape index (κ3) is 5.50. The number of aliphatic hydroxyl groups is 1. The number of nitrogens with two attached hydrogens (primary N) is 1. The van der Waals surface area contributed by atoms with E-state index in [4.69, 9.17) is 25.1 Å². The lowest BCUT2D eigenvalue weighted by Gasteiger charge is -2.14. The number of ketones is 1. The average Bonchev–Trinajstić information content (AvgIpc) is 2.90. The minimum Gasteiger partial charge on any atom is -0.494 e. The largest absolute Gasteiger partial charge is 0.494 e. The topological polar surface area (TPSA) is 140 Å². The molecular weight excluding hydrogens is 462 g/mol. The van der Waals surface area contributed by atoms with Crippen molar-refractivity contribution < 1.29 is 24.1 Å². The number of carbonyl (C=O) groups excluding carboxylic acids is 1. The number of azo groups is 1. The second-order valence-electron chi connectivity index (χ2n) is 7.61. The number of aliphatic hydroxyl groups excluding tert-OH is 1. The highest BCUT2D eigenvalue weighted by molar-refractivity contribution is 6.52. The number of hydrogen-bond donors (Lipinski definition) is 3. The molecule has 1 aliphatic rings. The number of hydrogen-bond acceptors (Lipinski definition) is 10. The molecule has 0 heterocycles. The van der Waals surface area contributed by atoms with Crippen LogP contribution in [0.5, 0.6) is 17.2 Å². The second kappa shape index (κ2) is 11.2. The van der Waals surface area contributed by atoms with Gasteiger partial charge in [-0.25, -0.2) is 0 Å². The number of nitrogen functional groups attached to an aromatic ring is 1. The SMILES string of the molecule is COc1cc(N/N=C2/C=Cc3cc(N)ccc3C2=O)c(OC)cc1/N=N/c1ccc(OCCO)cc1. The average molecular weight is 488 g/mol. The Bertz CT molecular complexity index is 1350. The number of nitrogens with zero attached hydrogens (tertiary/aromatic N) is 3. The molecule has 0 aliphatic heterocycles. The molecule has 0 bridgehead atoms. The first-order chi connectivity index (χ1) is 17.5. The van der Waals surface area contributed by atoms with Crippen molar-refractivity contribution in [2.75, 3.05) is 38.6 Å². The number of ether oxygens (including phenoxy) is 3. The molecule has 0 saturated carbocycles. The molecule has 0 fully saturated rings. The maximum absolute atomic E-state index is 12.8. The third-order valence-corrected chi connectivity index (χ3v) is 5.24. The summed E-state index contributed by atoms with van der Waals surface area (Å²) in [4.78, 5) is 12.8. The van der Waals surface area contributed by atoms with Crippen LogP contribution in [0, 0.1) is 0 Å². The Morgan fingerprint density at radius 1 is 0.944 bits per heavy atom. The lowest BCUT2D eigenvalue weighted by atomic mass is 9.94. The van der Waals surface area contributed by atoms with Gasteiger partial charge < -0.3 is 25.1 Å². The van der Waals surface area contributed by atoms with E-state index in [0.717, 1.165) is 5.56 Å². The van der Waals surface area contributed by atoms with Crippen LogP contribution in [0.1, 0.15) is 15.9 Å². The fourth-order valence-corrected chi connectivity index (χ4v) is 3.45. The number of carbonyl (C=O) groups is 1. The van der Waals surface area contributed by atoms with Gasteiger partial charge in [-0.05, 0) is 54.1 Å². The molecule has 3 aromatic rings. The van der Waals surface area contributed by atoms with Crippen molar-refractivity contribution in [3.8, 4) is 17.2 Å². The minimum atomic E-state index is -0.218. The molecule has 1 aliphatic carbocycles. The summed E-state index contributed by atoms with van der Waals surface area (Å²) in [6.07, 6.45) is 3.42. The predicted molar refractivity (Wildman–Crippen MR) is 138 cm³/mol. The van der Waals surface area contributed by atoms with Gasteiger partial charge in [0.15, 0.2) is 0 Å². The van der Waals surface area contributed by atoms with Gasteiger partial charge in [0.2, 0.25) is 5.78 Å². The molecule has 36 heavy (non-hydrogen) atoms. The summed E-state index contributed by atoms with van der Waals surface area (Å²) in [7, 11) is 3.03. The van der Waals surface area contributed by atoms with Crippen molar-refractivity contribution >= 4 is 40.3 Å². The molecule has 4 N–H and O–H groups in total. The van der Waals surface area contributed by atoms with Gasteiger partial charge in [-0.3, -0.25) is 10.2 Å². The van der Waals surface area contributed by atoms with E-state index in [9.17, 15) is 4.79 Å². The van der Waals surface area contributed by atoms with Gasteiger partial charge in [0, 0.05) is 23.4 Å². The van der Waals surface area contributed by atoms with Gasteiger partial charge in [-0.1, -0.05) is 6.08 Å². The molecule has 0 atom stereocenters. The lowest BCUT2D eigenvalue weighted by molar-refractivity contribution is 0.106. The molecule has 0 aromatic heterocycles. The van der Waals surface area contributed by atoms with E-state index in [1.54, 1.807) is 66.7 Å².